The number of halogens is 1. The van der Waals surface area contributed by atoms with E-state index >= 15 is 0 Å². The van der Waals surface area contributed by atoms with Gasteiger partial charge in [-0.05, 0) is 42.5 Å². The molecule has 2 heteroatoms. The van der Waals surface area contributed by atoms with Crippen molar-refractivity contribution in [2.75, 3.05) is 24.4 Å². The first kappa shape index (κ1) is 9.85. The Bertz CT molecular complexity index is 322. The van der Waals surface area contributed by atoms with Gasteiger partial charge in [0.2, 0.25) is 0 Å². The lowest BCUT2D eigenvalue weighted by molar-refractivity contribution is 0.911. The summed E-state index contributed by atoms with van der Waals surface area (Å²) < 4.78 is 0. The highest BCUT2D eigenvalue weighted by atomic mass is 35.5. The molecule has 0 heterocycles. The van der Waals surface area contributed by atoms with Crippen LogP contribution in [-0.4, -0.2) is 19.5 Å². The predicted octanol–water partition coefficient (Wildman–Crippen LogP) is 2.85. The van der Waals surface area contributed by atoms with E-state index in [4.69, 9.17) is 11.6 Å². The molecule has 1 aliphatic carbocycles. The SMILES string of the molecule is CN(CCCl)c1ccc2c(c1)CCC2. The van der Waals surface area contributed by atoms with Gasteiger partial charge in [0.1, 0.15) is 0 Å². The molecule has 0 unspecified atom stereocenters. The van der Waals surface area contributed by atoms with Crippen LogP contribution in [0.4, 0.5) is 5.69 Å². The number of fused-ring (bicyclic) bond motifs is 1. The van der Waals surface area contributed by atoms with Crippen LogP contribution in [0.3, 0.4) is 0 Å². The fourth-order valence-corrected chi connectivity index (χ4v) is 2.31. The molecular formula is C12H16ClN. The van der Waals surface area contributed by atoms with E-state index in [1.807, 2.05) is 0 Å². The third-order valence-corrected chi connectivity index (χ3v) is 3.11. The van der Waals surface area contributed by atoms with Crippen molar-refractivity contribution in [3.8, 4) is 0 Å². The molecule has 0 bridgehead atoms. The van der Waals surface area contributed by atoms with E-state index in [-0.39, 0.29) is 0 Å². The lowest BCUT2D eigenvalue weighted by Gasteiger charge is -2.18. The summed E-state index contributed by atoms with van der Waals surface area (Å²) in [6.07, 6.45) is 3.82. The van der Waals surface area contributed by atoms with Crippen molar-refractivity contribution >= 4 is 17.3 Å². The minimum Gasteiger partial charge on any atom is -0.373 e. The number of alkyl halides is 1. The Balaban J connectivity index is 2.19. The zero-order valence-electron chi connectivity index (χ0n) is 8.59. The largest absolute Gasteiger partial charge is 0.373 e. The number of hydrogen-bond donors (Lipinski definition) is 0. The van der Waals surface area contributed by atoms with Crippen LogP contribution >= 0.6 is 11.6 Å². The summed E-state index contributed by atoms with van der Waals surface area (Å²) in [5, 5.41) is 0. The van der Waals surface area contributed by atoms with Crippen LogP contribution in [0.25, 0.3) is 0 Å². The van der Waals surface area contributed by atoms with Gasteiger partial charge in [0.25, 0.3) is 0 Å². The molecule has 1 nitrogen and oxygen atoms in total. The molecule has 1 aromatic rings. The fraction of sp³-hybridized carbons (Fsp3) is 0.500. The summed E-state index contributed by atoms with van der Waals surface area (Å²) in [6, 6.07) is 6.79. The lowest BCUT2D eigenvalue weighted by atomic mass is 10.1. The average molecular weight is 210 g/mol. The first-order valence-electron chi connectivity index (χ1n) is 5.20. The van der Waals surface area contributed by atoms with Gasteiger partial charge in [0.15, 0.2) is 0 Å². The summed E-state index contributed by atoms with van der Waals surface area (Å²) in [4.78, 5) is 2.21. The normalized spacial score (nSPS) is 14.1. The lowest BCUT2D eigenvalue weighted by Crippen LogP contribution is -2.19. The Morgan fingerprint density at radius 2 is 2.07 bits per heavy atom. The third kappa shape index (κ3) is 1.88. The number of hydrogen-bond acceptors (Lipinski definition) is 1. The van der Waals surface area contributed by atoms with Gasteiger partial charge in [-0.1, -0.05) is 6.07 Å². The molecule has 1 aromatic carbocycles. The Morgan fingerprint density at radius 1 is 1.29 bits per heavy atom. The highest BCUT2D eigenvalue weighted by molar-refractivity contribution is 6.18. The van der Waals surface area contributed by atoms with Gasteiger partial charge in [-0.25, -0.2) is 0 Å². The van der Waals surface area contributed by atoms with Crippen molar-refractivity contribution in [2.45, 2.75) is 19.3 Å². The molecular weight excluding hydrogens is 194 g/mol. The van der Waals surface area contributed by atoms with Crippen LogP contribution < -0.4 is 4.90 Å². The average Bonchev–Trinajstić information content (AvgIpc) is 2.64. The Kier molecular flexibility index (Phi) is 2.97. The van der Waals surface area contributed by atoms with Crippen LogP contribution in [0, 0.1) is 0 Å². The first-order valence-corrected chi connectivity index (χ1v) is 5.73. The molecule has 1 aliphatic rings. The maximum Gasteiger partial charge on any atom is 0.0399 e. The van der Waals surface area contributed by atoms with E-state index in [1.165, 1.54) is 36.1 Å². The molecule has 0 radical (unpaired) electrons. The maximum atomic E-state index is 5.72. The van der Waals surface area contributed by atoms with E-state index in [2.05, 4.69) is 30.1 Å². The van der Waals surface area contributed by atoms with Gasteiger partial charge in [0.05, 0.1) is 0 Å². The topological polar surface area (TPSA) is 3.24 Å². The van der Waals surface area contributed by atoms with Gasteiger partial charge >= 0.3 is 0 Å². The van der Waals surface area contributed by atoms with Gasteiger partial charge in [-0.2, -0.15) is 0 Å². The zero-order chi connectivity index (χ0) is 9.97. The summed E-state index contributed by atoms with van der Waals surface area (Å²) in [5.74, 6) is 0.688. The molecule has 76 valence electrons. The van der Waals surface area contributed by atoms with Gasteiger partial charge in [0, 0.05) is 25.2 Å². The summed E-state index contributed by atoms with van der Waals surface area (Å²) in [7, 11) is 2.10. The van der Waals surface area contributed by atoms with Crippen LogP contribution in [0.2, 0.25) is 0 Å². The van der Waals surface area contributed by atoms with Gasteiger partial charge in [-0.3, -0.25) is 0 Å². The van der Waals surface area contributed by atoms with Gasteiger partial charge in [-0.15, -0.1) is 11.6 Å². The maximum absolute atomic E-state index is 5.72. The number of rotatable bonds is 3. The minimum atomic E-state index is 0.688. The monoisotopic (exact) mass is 209 g/mol. The second-order valence-corrected chi connectivity index (χ2v) is 4.30. The van der Waals surface area contributed by atoms with Crippen molar-refractivity contribution < 1.29 is 0 Å². The molecule has 0 saturated carbocycles. The number of aryl methyl sites for hydroxylation is 2. The first-order chi connectivity index (χ1) is 6.81. The molecule has 0 amide bonds. The smallest absolute Gasteiger partial charge is 0.0399 e. The third-order valence-electron chi connectivity index (χ3n) is 2.94. The molecule has 0 spiro atoms. The molecule has 14 heavy (non-hydrogen) atoms. The van der Waals surface area contributed by atoms with Crippen molar-refractivity contribution in [1.82, 2.24) is 0 Å². The van der Waals surface area contributed by atoms with E-state index in [1.54, 1.807) is 0 Å². The molecule has 2 rings (SSSR count). The van der Waals surface area contributed by atoms with Gasteiger partial charge < -0.3 is 4.90 Å². The van der Waals surface area contributed by atoms with E-state index < -0.39 is 0 Å². The van der Waals surface area contributed by atoms with Crippen LogP contribution in [0.1, 0.15) is 17.5 Å². The molecule has 0 fully saturated rings. The second kappa shape index (κ2) is 4.22. The number of nitrogens with zero attached hydrogens (tertiary/aromatic N) is 1. The zero-order valence-corrected chi connectivity index (χ0v) is 9.35. The van der Waals surface area contributed by atoms with Crippen molar-refractivity contribution in [2.24, 2.45) is 0 Å². The molecule has 0 N–H and O–H groups in total. The quantitative estimate of drug-likeness (QED) is 0.692. The molecule has 0 saturated heterocycles. The van der Waals surface area contributed by atoms with Crippen LogP contribution in [-0.2, 0) is 12.8 Å². The summed E-state index contributed by atoms with van der Waals surface area (Å²) in [5.41, 5.74) is 4.36. The predicted molar refractivity (Wildman–Crippen MR) is 62.5 cm³/mol. The van der Waals surface area contributed by atoms with Crippen LogP contribution in [0.15, 0.2) is 18.2 Å². The standard InChI is InChI=1S/C12H16ClN/c1-14(8-7-13)12-6-5-10-3-2-4-11(10)9-12/h5-6,9H,2-4,7-8H2,1H3. The Hall–Kier alpha value is -0.690. The highest BCUT2D eigenvalue weighted by Gasteiger charge is 2.11. The van der Waals surface area contributed by atoms with E-state index in [0.717, 1.165) is 6.54 Å². The molecule has 0 atom stereocenters. The van der Waals surface area contributed by atoms with Crippen molar-refractivity contribution in [3.05, 3.63) is 29.3 Å². The summed E-state index contributed by atoms with van der Waals surface area (Å²) >= 11 is 5.72. The summed E-state index contributed by atoms with van der Waals surface area (Å²) in [6.45, 7) is 0.917. The van der Waals surface area contributed by atoms with E-state index in [9.17, 15) is 0 Å². The molecule has 0 aliphatic heterocycles. The van der Waals surface area contributed by atoms with Crippen molar-refractivity contribution in [1.29, 1.82) is 0 Å². The number of benzene rings is 1. The molecule has 0 aromatic heterocycles. The van der Waals surface area contributed by atoms with Crippen molar-refractivity contribution in [3.63, 3.8) is 0 Å². The van der Waals surface area contributed by atoms with E-state index in [0.29, 0.717) is 5.88 Å². The Morgan fingerprint density at radius 3 is 2.86 bits per heavy atom. The highest BCUT2D eigenvalue weighted by Crippen LogP contribution is 2.26. The second-order valence-electron chi connectivity index (χ2n) is 3.92. The fourth-order valence-electron chi connectivity index (χ4n) is 2.05. The van der Waals surface area contributed by atoms with Crippen LogP contribution in [0.5, 0.6) is 0 Å². The Labute approximate surface area is 90.7 Å². The minimum absolute atomic E-state index is 0.688. The number of anilines is 1.